The van der Waals surface area contributed by atoms with E-state index in [0.29, 0.717) is 23.0 Å². The highest BCUT2D eigenvalue weighted by molar-refractivity contribution is 6.11. The maximum atomic E-state index is 12.6. The van der Waals surface area contributed by atoms with Crippen molar-refractivity contribution in [1.82, 2.24) is 15.0 Å². The van der Waals surface area contributed by atoms with Crippen LogP contribution in [-0.4, -0.2) is 20.9 Å². The molecule has 0 aliphatic rings. The smallest absolute Gasteiger partial charge is 0.274 e. The molecule has 126 valence electrons. The molecule has 0 aliphatic heterocycles. The lowest BCUT2D eigenvalue weighted by molar-refractivity contribution is 0.102. The van der Waals surface area contributed by atoms with Crippen molar-refractivity contribution >= 4 is 22.4 Å². The standard InChI is InChI=1S/C20H14N4O2/c25-20(19-17-4-2-1-3-14(17)9-10-23-19)24-15-5-7-16(8-6-15)26-18-13-21-11-12-22-18/h1-13H,(H,24,25). The van der Waals surface area contributed by atoms with E-state index in [4.69, 9.17) is 4.74 Å². The lowest BCUT2D eigenvalue weighted by atomic mass is 10.1. The monoisotopic (exact) mass is 342 g/mol. The summed E-state index contributed by atoms with van der Waals surface area (Å²) in [5.41, 5.74) is 1.04. The van der Waals surface area contributed by atoms with Gasteiger partial charge in [-0.05, 0) is 35.7 Å². The van der Waals surface area contributed by atoms with Crippen molar-refractivity contribution in [2.75, 3.05) is 5.32 Å². The molecule has 4 rings (SSSR count). The Morgan fingerprint density at radius 3 is 2.54 bits per heavy atom. The predicted molar refractivity (Wildman–Crippen MR) is 98.2 cm³/mol. The van der Waals surface area contributed by atoms with Crippen LogP contribution in [0.2, 0.25) is 0 Å². The first-order valence-corrected chi connectivity index (χ1v) is 7.99. The lowest BCUT2D eigenvalue weighted by Gasteiger charge is -2.08. The minimum Gasteiger partial charge on any atom is -0.438 e. The quantitative estimate of drug-likeness (QED) is 0.605. The number of nitrogens with zero attached hydrogens (tertiary/aromatic N) is 3. The van der Waals surface area contributed by atoms with Crippen LogP contribution < -0.4 is 10.1 Å². The molecular formula is C20H14N4O2. The van der Waals surface area contributed by atoms with Crippen LogP contribution in [0, 0.1) is 0 Å². The molecule has 0 atom stereocenters. The van der Waals surface area contributed by atoms with Crippen molar-refractivity contribution in [2.45, 2.75) is 0 Å². The second-order valence-electron chi connectivity index (χ2n) is 5.50. The Hall–Kier alpha value is -3.80. The van der Waals surface area contributed by atoms with Crippen LogP contribution in [0.25, 0.3) is 10.8 Å². The van der Waals surface area contributed by atoms with Gasteiger partial charge in [0.25, 0.3) is 5.91 Å². The summed E-state index contributed by atoms with van der Waals surface area (Å²) in [6, 6.07) is 16.6. The molecule has 1 amide bonds. The number of fused-ring (bicyclic) bond motifs is 1. The first-order chi connectivity index (χ1) is 12.8. The highest BCUT2D eigenvalue weighted by Crippen LogP contribution is 2.22. The van der Waals surface area contributed by atoms with Gasteiger partial charge in [0.05, 0.1) is 6.20 Å². The molecule has 0 bridgehead atoms. The van der Waals surface area contributed by atoms with Crippen molar-refractivity contribution in [3.05, 3.63) is 85.1 Å². The van der Waals surface area contributed by atoms with E-state index in [1.165, 1.54) is 6.20 Å². The van der Waals surface area contributed by atoms with Gasteiger partial charge in [-0.2, -0.15) is 0 Å². The number of anilines is 1. The zero-order valence-corrected chi connectivity index (χ0v) is 13.7. The van der Waals surface area contributed by atoms with Gasteiger partial charge in [-0.15, -0.1) is 0 Å². The van der Waals surface area contributed by atoms with E-state index in [0.717, 1.165) is 10.8 Å². The van der Waals surface area contributed by atoms with Gasteiger partial charge in [0, 0.05) is 29.7 Å². The van der Waals surface area contributed by atoms with Crippen molar-refractivity contribution < 1.29 is 9.53 Å². The molecule has 0 saturated heterocycles. The molecular weight excluding hydrogens is 328 g/mol. The van der Waals surface area contributed by atoms with Gasteiger partial charge in [0.1, 0.15) is 11.4 Å². The maximum Gasteiger partial charge on any atom is 0.274 e. The fourth-order valence-corrected chi connectivity index (χ4v) is 2.56. The largest absolute Gasteiger partial charge is 0.438 e. The van der Waals surface area contributed by atoms with Gasteiger partial charge in [0.2, 0.25) is 5.88 Å². The molecule has 0 aliphatic carbocycles. The van der Waals surface area contributed by atoms with Crippen LogP contribution in [-0.2, 0) is 0 Å². The van der Waals surface area contributed by atoms with Crippen molar-refractivity contribution in [3.63, 3.8) is 0 Å². The number of benzene rings is 2. The first kappa shape index (κ1) is 15.7. The number of ether oxygens (including phenoxy) is 1. The number of hydrogen-bond donors (Lipinski definition) is 1. The molecule has 0 radical (unpaired) electrons. The molecule has 0 saturated carbocycles. The Morgan fingerprint density at radius 1 is 0.885 bits per heavy atom. The van der Waals surface area contributed by atoms with Crippen LogP contribution in [0.15, 0.2) is 79.4 Å². The van der Waals surface area contributed by atoms with Gasteiger partial charge in [-0.25, -0.2) is 4.98 Å². The number of amides is 1. The topological polar surface area (TPSA) is 77.0 Å². The van der Waals surface area contributed by atoms with Gasteiger partial charge in [-0.1, -0.05) is 24.3 Å². The fourth-order valence-electron chi connectivity index (χ4n) is 2.56. The lowest BCUT2D eigenvalue weighted by Crippen LogP contribution is -2.14. The van der Waals surface area contributed by atoms with Gasteiger partial charge >= 0.3 is 0 Å². The molecule has 6 heteroatoms. The van der Waals surface area contributed by atoms with Crippen LogP contribution in [0.3, 0.4) is 0 Å². The number of nitrogens with one attached hydrogen (secondary N) is 1. The summed E-state index contributed by atoms with van der Waals surface area (Å²) in [5.74, 6) is 0.750. The number of rotatable bonds is 4. The van der Waals surface area contributed by atoms with Crippen molar-refractivity contribution in [1.29, 1.82) is 0 Å². The number of carbonyl (C=O) groups excluding carboxylic acids is 1. The van der Waals surface area contributed by atoms with Crippen molar-refractivity contribution in [3.8, 4) is 11.6 Å². The van der Waals surface area contributed by atoms with Crippen LogP contribution in [0.1, 0.15) is 10.5 Å². The minimum atomic E-state index is -0.260. The van der Waals surface area contributed by atoms with E-state index in [2.05, 4.69) is 20.3 Å². The molecule has 0 fully saturated rings. The van der Waals surface area contributed by atoms with Crippen molar-refractivity contribution in [2.24, 2.45) is 0 Å². The van der Waals surface area contributed by atoms with Crippen LogP contribution >= 0.6 is 0 Å². The Labute approximate surface area is 149 Å². The third-order valence-corrected chi connectivity index (χ3v) is 3.76. The fraction of sp³-hybridized carbons (Fsp3) is 0. The molecule has 2 heterocycles. The normalized spacial score (nSPS) is 10.5. The summed E-state index contributed by atoms with van der Waals surface area (Å²) in [4.78, 5) is 24.8. The minimum absolute atomic E-state index is 0.260. The van der Waals surface area contributed by atoms with E-state index in [1.54, 1.807) is 42.9 Å². The number of hydrogen-bond acceptors (Lipinski definition) is 5. The highest BCUT2D eigenvalue weighted by atomic mass is 16.5. The van der Waals surface area contributed by atoms with Crippen LogP contribution in [0.5, 0.6) is 11.6 Å². The predicted octanol–water partition coefficient (Wildman–Crippen LogP) is 4.07. The molecule has 26 heavy (non-hydrogen) atoms. The SMILES string of the molecule is O=C(Nc1ccc(Oc2cnccn2)cc1)c1nccc2ccccc12. The van der Waals surface area contributed by atoms with E-state index >= 15 is 0 Å². The molecule has 0 unspecified atom stereocenters. The second-order valence-corrected chi connectivity index (χ2v) is 5.50. The Balaban J connectivity index is 1.51. The molecule has 2 aromatic heterocycles. The van der Waals surface area contributed by atoms with Gasteiger partial charge in [0.15, 0.2) is 0 Å². The molecule has 1 N–H and O–H groups in total. The number of aromatic nitrogens is 3. The first-order valence-electron chi connectivity index (χ1n) is 7.99. The second kappa shape index (κ2) is 6.98. The summed E-state index contributed by atoms with van der Waals surface area (Å²) >= 11 is 0. The Morgan fingerprint density at radius 2 is 1.73 bits per heavy atom. The average Bonchev–Trinajstić information content (AvgIpc) is 2.70. The van der Waals surface area contributed by atoms with Gasteiger partial charge < -0.3 is 10.1 Å². The third kappa shape index (κ3) is 3.34. The number of pyridine rings is 1. The zero-order valence-electron chi connectivity index (χ0n) is 13.7. The summed E-state index contributed by atoms with van der Waals surface area (Å²) in [7, 11) is 0. The molecule has 4 aromatic rings. The summed E-state index contributed by atoms with van der Waals surface area (Å²) < 4.78 is 5.58. The van der Waals surface area contributed by atoms with E-state index in [9.17, 15) is 4.79 Å². The van der Waals surface area contributed by atoms with E-state index < -0.39 is 0 Å². The number of carbonyl (C=O) groups is 1. The molecule has 6 nitrogen and oxygen atoms in total. The van der Waals surface area contributed by atoms with E-state index in [-0.39, 0.29) is 5.91 Å². The Bertz CT molecular complexity index is 1040. The van der Waals surface area contributed by atoms with E-state index in [1.807, 2.05) is 30.3 Å². The summed E-state index contributed by atoms with van der Waals surface area (Å²) in [5, 5.41) is 4.64. The molecule has 2 aromatic carbocycles. The zero-order chi connectivity index (χ0) is 17.8. The maximum absolute atomic E-state index is 12.6. The Kier molecular flexibility index (Phi) is 4.22. The van der Waals surface area contributed by atoms with Crippen LogP contribution in [0.4, 0.5) is 5.69 Å². The molecule has 0 spiro atoms. The summed E-state index contributed by atoms with van der Waals surface area (Å²) in [6.07, 6.45) is 6.30. The van der Waals surface area contributed by atoms with Gasteiger partial charge in [-0.3, -0.25) is 14.8 Å². The average molecular weight is 342 g/mol. The highest BCUT2D eigenvalue weighted by Gasteiger charge is 2.11. The third-order valence-electron chi connectivity index (χ3n) is 3.76. The summed E-state index contributed by atoms with van der Waals surface area (Å²) in [6.45, 7) is 0.